The number of halogens is 3. The summed E-state index contributed by atoms with van der Waals surface area (Å²) >= 11 is 0. The van der Waals surface area contributed by atoms with Crippen LogP contribution in [0.1, 0.15) is 11.4 Å². The molecule has 0 aliphatic rings. The second-order valence-electron chi connectivity index (χ2n) is 4.02. The van der Waals surface area contributed by atoms with Crippen molar-refractivity contribution in [1.82, 2.24) is 29.3 Å². The Morgan fingerprint density at radius 2 is 1.90 bits per heavy atom. The van der Waals surface area contributed by atoms with Gasteiger partial charge < -0.3 is 4.57 Å². The van der Waals surface area contributed by atoms with Crippen LogP contribution >= 0.6 is 0 Å². The van der Waals surface area contributed by atoms with Gasteiger partial charge in [0.15, 0.2) is 5.82 Å². The molecule has 0 N–H and O–H groups in total. The largest absolute Gasteiger partial charge is 0.423 e. The van der Waals surface area contributed by atoms with Gasteiger partial charge in [-0.05, 0) is 5.21 Å². The van der Waals surface area contributed by atoms with Crippen molar-refractivity contribution in [2.24, 2.45) is 14.1 Å². The second kappa shape index (κ2) is 4.58. The SMILES string of the molecule is Cn1nnc(Cn2c(=O)c(C(F)(F)F)cn(C)c2=O)n1. The predicted octanol–water partition coefficient (Wildman–Crippen LogP) is -0.862. The van der Waals surface area contributed by atoms with Crippen LogP contribution in [0.3, 0.4) is 0 Å². The molecule has 0 aromatic carbocycles. The fraction of sp³-hybridized carbons (Fsp3) is 0.444. The molecule has 0 saturated heterocycles. The first kappa shape index (κ1) is 14.0. The molecule has 2 rings (SSSR count). The third kappa shape index (κ3) is 2.46. The molecule has 2 heterocycles. The molecular weight excluding hydrogens is 281 g/mol. The van der Waals surface area contributed by atoms with E-state index in [9.17, 15) is 22.8 Å². The molecule has 20 heavy (non-hydrogen) atoms. The fourth-order valence-corrected chi connectivity index (χ4v) is 1.59. The molecule has 0 bridgehead atoms. The van der Waals surface area contributed by atoms with Gasteiger partial charge in [0.1, 0.15) is 5.56 Å². The van der Waals surface area contributed by atoms with Gasteiger partial charge in [-0.15, -0.1) is 10.2 Å². The van der Waals surface area contributed by atoms with Crippen molar-refractivity contribution in [3.8, 4) is 0 Å². The maximum atomic E-state index is 12.7. The molecule has 108 valence electrons. The average Bonchev–Trinajstić information content (AvgIpc) is 2.73. The molecule has 0 atom stereocenters. The second-order valence-corrected chi connectivity index (χ2v) is 4.02. The Bertz CT molecular complexity index is 756. The number of tetrazole rings is 1. The molecule has 0 aliphatic heterocycles. The molecule has 2 aromatic rings. The molecule has 0 aliphatic carbocycles. The standard InChI is InChI=1S/C9H9F3N6O2/c1-16-3-5(9(10,11)12)7(19)18(8(16)20)4-6-13-15-17(2)14-6/h3H,4H2,1-2H3. The quantitative estimate of drug-likeness (QED) is 0.718. The summed E-state index contributed by atoms with van der Waals surface area (Å²) in [5.41, 5.74) is -3.76. The molecule has 0 fully saturated rings. The zero-order valence-corrected chi connectivity index (χ0v) is 10.4. The number of rotatable bonds is 2. The summed E-state index contributed by atoms with van der Waals surface area (Å²) in [6, 6.07) is 0. The summed E-state index contributed by atoms with van der Waals surface area (Å²) in [4.78, 5) is 24.6. The molecular formula is C9H9F3N6O2. The third-order valence-corrected chi connectivity index (χ3v) is 2.49. The first-order chi connectivity index (χ1) is 9.20. The van der Waals surface area contributed by atoms with Gasteiger partial charge in [-0.1, -0.05) is 0 Å². The van der Waals surface area contributed by atoms with Gasteiger partial charge in [0, 0.05) is 13.2 Å². The van der Waals surface area contributed by atoms with E-state index < -0.39 is 29.5 Å². The normalized spacial score (nSPS) is 11.8. The smallest absolute Gasteiger partial charge is 0.303 e. The van der Waals surface area contributed by atoms with Gasteiger partial charge >= 0.3 is 11.9 Å². The van der Waals surface area contributed by atoms with E-state index in [1.165, 1.54) is 7.05 Å². The lowest BCUT2D eigenvalue weighted by Crippen LogP contribution is -2.42. The van der Waals surface area contributed by atoms with Gasteiger partial charge in [-0.25, -0.2) is 4.79 Å². The minimum Gasteiger partial charge on any atom is -0.303 e. The summed E-state index contributed by atoms with van der Waals surface area (Å²) < 4.78 is 39.2. The van der Waals surface area contributed by atoms with Crippen LogP contribution in [0.5, 0.6) is 0 Å². The van der Waals surface area contributed by atoms with Crippen LogP contribution in [0, 0.1) is 0 Å². The van der Waals surface area contributed by atoms with Crippen molar-refractivity contribution in [2.45, 2.75) is 12.7 Å². The van der Waals surface area contributed by atoms with Crippen LogP contribution in [0.2, 0.25) is 0 Å². The van der Waals surface area contributed by atoms with Crippen LogP contribution in [0.15, 0.2) is 15.8 Å². The first-order valence-electron chi connectivity index (χ1n) is 5.30. The van der Waals surface area contributed by atoms with E-state index in [2.05, 4.69) is 15.4 Å². The van der Waals surface area contributed by atoms with Crippen molar-refractivity contribution < 1.29 is 13.2 Å². The van der Waals surface area contributed by atoms with E-state index in [0.29, 0.717) is 15.3 Å². The molecule has 2 aromatic heterocycles. The van der Waals surface area contributed by atoms with Crippen LogP contribution in [0.4, 0.5) is 13.2 Å². The number of alkyl halides is 3. The van der Waals surface area contributed by atoms with Gasteiger partial charge in [0.25, 0.3) is 5.56 Å². The van der Waals surface area contributed by atoms with Crippen LogP contribution in [-0.2, 0) is 26.8 Å². The molecule has 11 heteroatoms. The zero-order valence-electron chi connectivity index (χ0n) is 10.4. The van der Waals surface area contributed by atoms with Crippen LogP contribution in [0.25, 0.3) is 0 Å². The van der Waals surface area contributed by atoms with Gasteiger partial charge in [0.2, 0.25) is 0 Å². The van der Waals surface area contributed by atoms with Gasteiger partial charge in [0.05, 0.1) is 13.6 Å². The highest BCUT2D eigenvalue weighted by Crippen LogP contribution is 2.25. The molecule has 0 unspecified atom stereocenters. The Morgan fingerprint density at radius 1 is 1.25 bits per heavy atom. The highest BCUT2D eigenvalue weighted by molar-refractivity contribution is 5.10. The lowest BCUT2D eigenvalue weighted by molar-refractivity contribution is -0.139. The Morgan fingerprint density at radius 3 is 2.40 bits per heavy atom. The lowest BCUT2D eigenvalue weighted by Gasteiger charge is -2.10. The highest BCUT2D eigenvalue weighted by Gasteiger charge is 2.35. The summed E-state index contributed by atoms with van der Waals surface area (Å²) in [5.74, 6) is -0.0361. The topological polar surface area (TPSA) is 87.6 Å². The van der Waals surface area contributed by atoms with Gasteiger partial charge in [-0.2, -0.15) is 18.0 Å². The Labute approximate surface area is 109 Å². The average molecular weight is 290 g/mol. The summed E-state index contributed by atoms with van der Waals surface area (Å²) in [6.07, 6.45) is -4.38. The molecule has 0 saturated carbocycles. The minimum atomic E-state index is -4.85. The van der Waals surface area contributed by atoms with E-state index in [1.54, 1.807) is 0 Å². The molecule has 0 spiro atoms. The Balaban J connectivity index is 2.60. The molecule has 8 nitrogen and oxygen atoms in total. The summed E-state index contributed by atoms with van der Waals surface area (Å²) in [5, 5.41) is 10.7. The monoisotopic (exact) mass is 290 g/mol. The van der Waals surface area contributed by atoms with Crippen molar-refractivity contribution in [3.63, 3.8) is 0 Å². The minimum absolute atomic E-state index is 0.0361. The van der Waals surface area contributed by atoms with E-state index in [4.69, 9.17) is 0 Å². The number of aryl methyl sites for hydroxylation is 2. The molecule has 0 amide bonds. The van der Waals surface area contributed by atoms with E-state index in [1.807, 2.05) is 0 Å². The first-order valence-corrected chi connectivity index (χ1v) is 5.30. The Hall–Kier alpha value is -2.46. The van der Waals surface area contributed by atoms with Crippen molar-refractivity contribution >= 4 is 0 Å². The summed E-state index contributed by atoms with van der Waals surface area (Å²) in [7, 11) is 2.57. The van der Waals surface area contributed by atoms with Crippen LogP contribution < -0.4 is 11.2 Å². The van der Waals surface area contributed by atoms with E-state index in [0.717, 1.165) is 11.8 Å². The molecule has 0 radical (unpaired) electrons. The number of hydrogen-bond donors (Lipinski definition) is 0. The third-order valence-electron chi connectivity index (χ3n) is 2.49. The maximum absolute atomic E-state index is 12.7. The van der Waals surface area contributed by atoms with E-state index >= 15 is 0 Å². The van der Waals surface area contributed by atoms with E-state index in [-0.39, 0.29) is 5.82 Å². The van der Waals surface area contributed by atoms with Crippen molar-refractivity contribution in [3.05, 3.63) is 38.4 Å². The Kier molecular flexibility index (Phi) is 3.19. The predicted molar refractivity (Wildman–Crippen MR) is 58.8 cm³/mol. The fourth-order valence-electron chi connectivity index (χ4n) is 1.59. The number of nitrogens with zero attached hydrogens (tertiary/aromatic N) is 6. The van der Waals surface area contributed by atoms with Crippen molar-refractivity contribution in [1.29, 1.82) is 0 Å². The van der Waals surface area contributed by atoms with Gasteiger partial charge in [-0.3, -0.25) is 9.36 Å². The van der Waals surface area contributed by atoms with Crippen molar-refractivity contribution in [2.75, 3.05) is 0 Å². The highest BCUT2D eigenvalue weighted by atomic mass is 19.4. The zero-order chi connectivity index (χ0) is 15.1. The number of hydrogen-bond acceptors (Lipinski definition) is 5. The lowest BCUT2D eigenvalue weighted by atomic mass is 10.3. The van der Waals surface area contributed by atoms with Crippen LogP contribution in [-0.4, -0.2) is 29.3 Å². The maximum Gasteiger partial charge on any atom is 0.423 e. The number of aromatic nitrogens is 6. The summed E-state index contributed by atoms with van der Waals surface area (Å²) in [6.45, 7) is -0.483.